The van der Waals surface area contributed by atoms with Crippen molar-refractivity contribution in [3.63, 3.8) is 0 Å². The Bertz CT molecular complexity index is 420. The van der Waals surface area contributed by atoms with E-state index in [1.807, 2.05) is 0 Å². The second-order valence-corrected chi connectivity index (χ2v) is 5.53. The number of hydrogen-bond donors (Lipinski definition) is 2. The zero-order valence-corrected chi connectivity index (χ0v) is 14.3. The number of methoxy groups -OCH3 is 1. The van der Waals surface area contributed by atoms with Gasteiger partial charge in [-0.15, -0.1) is 0 Å². The smallest absolute Gasteiger partial charge is 0.191 e. The minimum Gasteiger partial charge on any atom is -0.385 e. The second kappa shape index (κ2) is 11.0. The molecule has 0 fully saturated rings. The third-order valence-electron chi connectivity index (χ3n) is 3.59. The lowest BCUT2D eigenvalue weighted by Gasteiger charge is -2.25. The maximum atomic E-state index is 5.05. The molecule has 0 aliphatic heterocycles. The normalized spacial score (nSPS) is 13.2. The van der Waals surface area contributed by atoms with E-state index in [2.05, 4.69) is 65.0 Å². The Morgan fingerprint density at radius 1 is 1.23 bits per heavy atom. The van der Waals surface area contributed by atoms with E-state index in [4.69, 9.17) is 4.74 Å². The van der Waals surface area contributed by atoms with Crippen molar-refractivity contribution in [1.82, 2.24) is 15.5 Å². The van der Waals surface area contributed by atoms with Crippen LogP contribution in [0.4, 0.5) is 0 Å². The lowest BCUT2D eigenvalue weighted by Crippen LogP contribution is -2.46. The van der Waals surface area contributed by atoms with Gasteiger partial charge in [-0.3, -0.25) is 4.99 Å². The molecule has 22 heavy (non-hydrogen) atoms. The minimum absolute atomic E-state index is 0.417. The largest absolute Gasteiger partial charge is 0.385 e. The van der Waals surface area contributed by atoms with Gasteiger partial charge in [0.1, 0.15) is 0 Å². The summed E-state index contributed by atoms with van der Waals surface area (Å²) in [5, 5.41) is 6.71. The number of rotatable bonds is 9. The SMILES string of the molecule is CN=C(NCCCOC)NCC(Cc1ccccc1)N(C)C. The summed E-state index contributed by atoms with van der Waals surface area (Å²) in [4.78, 5) is 6.51. The summed E-state index contributed by atoms with van der Waals surface area (Å²) in [7, 11) is 7.75. The van der Waals surface area contributed by atoms with Crippen LogP contribution < -0.4 is 10.6 Å². The van der Waals surface area contributed by atoms with Crippen LogP contribution in [-0.2, 0) is 11.2 Å². The summed E-state index contributed by atoms with van der Waals surface area (Å²) in [6, 6.07) is 11.0. The van der Waals surface area contributed by atoms with Gasteiger partial charge in [-0.25, -0.2) is 0 Å². The first-order chi connectivity index (χ1) is 10.7. The first-order valence-corrected chi connectivity index (χ1v) is 7.81. The van der Waals surface area contributed by atoms with E-state index in [1.165, 1.54) is 5.56 Å². The molecule has 0 bridgehead atoms. The average Bonchev–Trinajstić information content (AvgIpc) is 2.53. The van der Waals surface area contributed by atoms with E-state index in [9.17, 15) is 0 Å². The van der Waals surface area contributed by atoms with Gasteiger partial charge in [-0.05, 0) is 32.5 Å². The molecule has 0 saturated heterocycles. The first-order valence-electron chi connectivity index (χ1n) is 7.81. The highest BCUT2D eigenvalue weighted by atomic mass is 16.5. The maximum absolute atomic E-state index is 5.05. The fourth-order valence-electron chi connectivity index (χ4n) is 2.18. The lowest BCUT2D eigenvalue weighted by molar-refractivity contribution is 0.195. The van der Waals surface area contributed by atoms with Crippen LogP contribution in [0.15, 0.2) is 35.3 Å². The van der Waals surface area contributed by atoms with Crippen LogP contribution in [0.2, 0.25) is 0 Å². The highest BCUT2D eigenvalue weighted by molar-refractivity contribution is 5.79. The van der Waals surface area contributed by atoms with Gasteiger partial charge in [0.25, 0.3) is 0 Å². The van der Waals surface area contributed by atoms with E-state index in [-0.39, 0.29) is 0 Å². The fourth-order valence-corrected chi connectivity index (χ4v) is 2.18. The molecule has 1 unspecified atom stereocenters. The fraction of sp³-hybridized carbons (Fsp3) is 0.588. The molecular formula is C17H30N4O. The molecule has 2 N–H and O–H groups in total. The topological polar surface area (TPSA) is 48.9 Å². The Hall–Kier alpha value is -1.59. The van der Waals surface area contributed by atoms with Crippen LogP contribution in [0.1, 0.15) is 12.0 Å². The predicted octanol–water partition coefficient (Wildman–Crippen LogP) is 1.36. The lowest BCUT2D eigenvalue weighted by atomic mass is 10.1. The van der Waals surface area contributed by atoms with Crippen molar-refractivity contribution < 1.29 is 4.74 Å². The summed E-state index contributed by atoms with van der Waals surface area (Å²) < 4.78 is 5.05. The van der Waals surface area contributed by atoms with E-state index in [1.54, 1.807) is 14.2 Å². The van der Waals surface area contributed by atoms with Gasteiger partial charge >= 0.3 is 0 Å². The molecule has 0 saturated carbocycles. The molecule has 0 amide bonds. The monoisotopic (exact) mass is 306 g/mol. The Kier molecular flexibility index (Phi) is 9.26. The van der Waals surface area contributed by atoms with E-state index in [0.717, 1.165) is 38.5 Å². The van der Waals surface area contributed by atoms with Crippen LogP contribution in [0.5, 0.6) is 0 Å². The van der Waals surface area contributed by atoms with Crippen LogP contribution >= 0.6 is 0 Å². The highest BCUT2D eigenvalue weighted by Gasteiger charge is 2.12. The van der Waals surface area contributed by atoms with E-state index < -0.39 is 0 Å². The molecule has 0 heterocycles. The van der Waals surface area contributed by atoms with Gasteiger partial charge in [0, 0.05) is 39.9 Å². The molecule has 1 atom stereocenters. The van der Waals surface area contributed by atoms with E-state index in [0.29, 0.717) is 6.04 Å². The number of likely N-dealkylation sites (N-methyl/N-ethyl adjacent to an activating group) is 1. The molecule has 5 heteroatoms. The zero-order chi connectivity index (χ0) is 16.2. The molecular weight excluding hydrogens is 276 g/mol. The number of nitrogens with zero attached hydrogens (tertiary/aromatic N) is 2. The van der Waals surface area contributed by atoms with Gasteiger partial charge in [0.15, 0.2) is 5.96 Å². The minimum atomic E-state index is 0.417. The van der Waals surface area contributed by atoms with Crippen molar-refractivity contribution in [2.45, 2.75) is 18.9 Å². The Labute approximate surface area is 134 Å². The van der Waals surface area contributed by atoms with Crippen LogP contribution in [-0.4, -0.2) is 64.9 Å². The summed E-state index contributed by atoms with van der Waals surface area (Å²) >= 11 is 0. The van der Waals surface area contributed by atoms with Crippen LogP contribution in [0.25, 0.3) is 0 Å². The Balaban J connectivity index is 2.42. The van der Waals surface area contributed by atoms with Crippen molar-refractivity contribution in [3.05, 3.63) is 35.9 Å². The number of aliphatic imine (C=N–C) groups is 1. The first kappa shape index (κ1) is 18.5. The van der Waals surface area contributed by atoms with Gasteiger partial charge in [-0.2, -0.15) is 0 Å². The molecule has 124 valence electrons. The third kappa shape index (κ3) is 7.43. The molecule has 1 aromatic rings. The summed E-state index contributed by atoms with van der Waals surface area (Å²) in [6.45, 7) is 2.48. The molecule has 0 aliphatic rings. The van der Waals surface area contributed by atoms with Crippen LogP contribution in [0.3, 0.4) is 0 Å². The van der Waals surface area contributed by atoms with Crippen LogP contribution in [0, 0.1) is 0 Å². The van der Waals surface area contributed by atoms with Gasteiger partial charge in [0.05, 0.1) is 0 Å². The molecule has 0 aliphatic carbocycles. The Morgan fingerprint density at radius 2 is 1.95 bits per heavy atom. The van der Waals surface area contributed by atoms with E-state index >= 15 is 0 Å². The zero-order valence-electron chi connectivity index (χ0n) is 14.3. The molecule has 0 aromatic heterocycles. The standard InChI is InChI=1S/C17H30N4O/c1-18-17(19-11-8-12-22-4)20-14-16(21(2)3)13-15-9-6-5-7-10-15/h5-7,9-10,16H,8,11-14H2,1-4H3,(H2,18,19,20). The molecule has 0 radical (unpaired) electrons. The number of hydrogen-bond acceptors (Lipinski definition) is 3. The molecule has 1 rings (SSSR count). The quantitative estimate of drug-likeness (QED) is 0.411. The Morgan fingerprint density at radius 3 is 2.55 bits per heavy atom. The van der Waals surface area contributed by atoms with Gasteiger partial charge in [0.2, 0.25) is 0 Å². The van der Waals surface area contributed by atoms with Crippen molar-refractivity contribution >= 4 is 5.96 Å². The highest BCUT2D eigenvalue weighted by Crippen LogP contribution is 2.06. The molecule has 5 nitrogen and oxygen atoms in total. The summed E-state index contributed by atoms with van der Waals surface area (Å²) in [5.74, 6) is 0.844. The van der Waals surface area contributed by atoms with Gasteiger partial charge in [-0.1, -0.05) is 30.3 Å². The number of ether oxygens (including phenoxy) is 1. The number of nitrogens with one attached hydrogen (secondary N) is 2. The van der Waals surface area contributed by atoms with Crippen molar-refractivity contribution in [2.24, 2.45) is 4.99 Å². The maximum Gasteiger partial charge on any atom is 0.191 e. The summed E-state index contributed by atoms with van der Waals surface area (Å²) in [6.07, 6.45) is 1.99. The average molecular weight is 306 g/mol. The van der Waals surface area contributed by atoms with Crippen molar-refractivity contribution in [3.8, 4) is 0 Å². The predicted molar refractivity (Wildman–Crippen MR) is 93.5 cm³/mol. The molecule has 0 spiro atoms. The van der Waals surface area contributed by atoms with Crippen molar-refractivity contribution in [2.75, 3.05) is 47.9 Å². The third-order valence-corrected chi connectivity index (χ3v) is 3.59. The number of guanidine groups is 1. The second-order valence-electron chi connectivity index (χ2n) is 5.53. The van der Waals surface area contributed by atoms with Crippen molar-refractivity contribution in [1.29, 1.82) is 0 Å². The number of benzene rings is 1. The summed E-state index contributed by atoms with van der Waals surface area (Å²) in [5.41, 5.74) is 1.35. The van der Waals surface area contributed by atoms with Gasteiger partial charge < -0.3 is 20.3 Å². The molecule has 1 aromatic carbocycles.